The molecule has 0 heterocycles. The van der Waals surface area contributed by atoms with Crippen molar-refractivity contribution < 1.29 is 9.18 Å². The third kappa shape index (κ3) is 2.77. The van der Waals surface area contributed by atoms with E-state index >= 15 is 0 Å². The number of hydrogen-bond donors (Lipinski definition) is 3. The number of anilines is 3. The maximum atomic E-state index is 13.7. The van der Waals surface area contributed by atoms with Crippen LogP contribution in [0, 0.1) is 5.82 Å². The molecule has 0 saturated heterocycles. The number of benzene rings is 2. The Balaban J connectivity index is 2.47. The summed E-state index contributed by atoms with van der Waals surface area (Å²) in [7, 11) is 0. The number of nitrogens with one attached hydrogen (secondary N) is 1. The maximum absolute atomic E-state index is 13.7. The smallest absolute Gasteiger partial charge is 0.250 e. The summed E-state index contributed by atoms with van der Waals surface area (Å²) < 4.78 is 13.7. The summed E-state index contributed by atoms with van der Waals surface area (Å²) in [6.45, 7) is 0. The van der Waals surface area contributed by atoms with Gasteiger partial charge in [0.15, 0.2) is 0 Å². The van der Waals surface area contributed by atoms with E-state index in [1.165, 1.54) is 30.3 Å². The summed E-state index contributed by atoms with van der Waals surface area (Å²) in [5.74, 6) is -1.19. The zero-order valence-corrected chi connectivity index (χ0v) is 10.5. The predicted octanol–water partition coefficient (Wildman–Crippen LogP) is 2.90. The molecule has 2 aromatic carbocycles. The Morgan fingerprint density at radius 3 is 2.63 bits per heavy atom. The molecule has 0 unspecified atom stereocenters. The van der Waals surface area contributed by atoms with Crippen LogP contribution in [0.2, 0.25) is 5.02 Å². The summed E-state index contributed by atoms with van der Waals surface area (Å²) in [6, 6.07) is 8.81. The van der Waals surface area contributed by atoms with E-state index in [0.29, 0.717) is 11.4 Å². The molecule has 0 atom stereocenters. The van der Waals surface area contributed by atoms with Gasteiger partial charge in [-0.2, -0.15) is 0 Å². The SMILES string of the molecule is NC(=O)c1cc(N)ccc1Nc1c(F)cccc1Cl. The van der Waals surface area contributed by atoms with Gasteiger partial charge in [-0.05, 0) is 30.3 Å². The van der Waals surface area contributed by atoms with Gasteiger partial charge in [0.05, 0.1) is 22.0 Å². The zero-order valence-electron chi connectivity index (χ0n) is 9.78. The van der Waals surface area contributed by atoms with Crippen LogP contribution >= 0.6 is 11.6 Å². The summed E-state index contributed by atoms with van der Waals surface area (Å²) in [6.07, 6.45) is 0. The molecule has 19 heavy (non-hydrogen) atoms. The number of hydrogen-bond acceptors (Lipinski definition) is 3. The monoisotopic (exact) mass is 279 g/mol. The van der Waals surface area contributed by atoms with E-state index in [1.807, 2.05) is 0 Å². The minimum Gasteiger partial charge on any atom is -0.399 e. The molecule has 1 amide bonds. The molecular weight excluding hydrogens is 269 g/mol. The first-order chi connectivity index (χ1) is 8.99. The first kappa shape index (κ1) is 13.2. The number of rotatable bonds is 3. The van der Waals surface area contributed by atoms with Crippen LogP contribution in [0.5, 0.6) is 0 Å². The lowest BCUT2D eigenvalue weighted by atomic mass is 10.1. The summed E-state index contributed by atoms with van der Waals surface area (Å²) in [5, 5.41) is 2.96. The van der Waals surface area contributed by atoms with E-state index in [4.69, 9.17) is 23.1 Å². The number of carbonyl (C=O) groups is 1. The lowest BCUT2D eigenvalue weighted by Gasteiger charge is -2.12. The maximum Gasteiger partial charge on any atom is 0.250 e. The third-order valence-electron chi connectivity index (χ3n) is 2.53. The normalized spacial score (nSPS) is 10.2. The van der Waals surface area contributed by atoms with Gasteiger partial charge in [0.25, 0.3) is 5.91 Å². The van der Waals surface area contributed by atoms with Crippen LogP contribution < -0.4 is 16.8 Å². The molecule has 98 valence electrons. The highest BCUT2D eigenvalue weighted by molar-refractivity contribution is 6.33. The predicted molar refractivity (Wildman–Crippen MR) is 74.1 cm³/mol. The minimum absolute atomic E-state index is 0.0800. The molecular formula is C13H11ClFN3O. The first-order valence-electron chi connectivity index (χ1n) is 5.39. The fraction of sp³-hybridized carbons (Fsp3) is 0. The molecule has 0 aromatic heterocycles. The standard InChI is InChI=1S/C13H11ClFN3O/c14-9-2-1-3-10(15)12(9)18-11-5-4-7(16)6-8(11)13(17)19/h1-6,18H,16H2,(H2,17,19). The van der Waals surface area contributed by atoms with Crippen molar-refractivity contribution in [2.24, 2.45) is 5.73 Å². The average Bonchev–Trinajstić information content (AvgIpc) is 2.35. The van der Waals surface area contributed by atoms with Gasteiger partial charge in [-0.25, -0.2) is 4.39 Å². The fourth-order valence-electron chi connectivity index (χ4n) is 1.63. The Bertz CT molecular complexity index is 626. The highest BCUT2D eigenvalue weighted by Crippen LogP contribution is 2.30. The Morgan fingerprint density at radius 1 is 1.26 bits per heavy atom. The number of primary amides is 1. The second-order valence-corrected chi connectivity index (χ2v) is 4.30. The second kappa shape index (κ2) is 5.16. The highest BCUT2D eigenvalue weighted by atomic mass is 35.5. The van der Waals surface area contributed by atoms with Gasteiger partial charge in [0.1, 0.15) is 5.82 Å². The van der Waals surface area contributed by atoms with E-state index in [-0.39, 0.29) is 16.3 Å². The van der Waals surface area contributed by atoms with Crippen LogP contribution in [-0.2, 0) is 0 Å². The van der Waals surface area contributed by atoms with Crippen LogP contribution in [-0.4, -0.2) is 5.91 Å². The highest BCUT2D eigenvalue weighted by Gasteiger charge is 2.12. The number of para-hydroxylation sites is 1. The van der Waals surface area contributed by atoms with E-state index in [1.54, 1.807) is 6.07 Å². The van der Waals surface area contributed by atoms with Crippen molar-refractivity contribution in [3.05, 3.63) is 52.8 Å². The van der Waals surface area contributed by atoms with Crippen LogP contribution in [0.3, 0.4) is 0 Å². The number of nitrogens with two attached hydrogens (primary N) is 2. The van der Waals surface area contributed by atoms with Crippen LogP contribution in [0.1, 0.15) is 10.4 Å². The van der Waals surface area contributed by atoms with Crippen LogP contribution in [0.4, 0.5) is 21.5 Å². The van der Waals surface area contributed by atoms with Crippen molar-refractivity contribution in [3.63, 3.8) is 0 Å². The van der Waals surface area contributed by atoms with Gasteiger partial charge >= 0.3 is 0 Å². The molecule has 0 spiro atoms. The van der Waals surface area contributed by atoms with Gasteiger partial charge in [-0.3, -0.25) is 4.79 Å². The number of carbonyl (C=O) groups excluding carboxylic acids is 1. The number of nitrogen functional groups attached to an aromatic ring is 1. The molecule has 2 rings (SSSR count). The number of amides is 1. The van der Waals surface area contributed by atoms with Crippen LogP contribution in [0.15, 0.2) is 36.4 Å². The molecule has 0 saturated carbocycles. The third-order valence-corrected chi connectivity index (χ3v) is 2.85. The lowest BCUT2D eigenvalue weighted by molar-refractivity contribution is 0.100. The fourth-order valence-corrected chi connectivity index (χ4v) is 1.84. The van der Waals surface area contributed by atoms with Gasteiger partial charge in [0.2, 0.25) is 0 Å². The molecule has 0 aliphatic rings. The Morgan fingerprint density at radius 2 is 2.00 bits per heavy atom. The van der Waals surface area contributed by atoms with Gasteiger partial charge in [0, 0.05) is 5.69 Å². The van der Waals surface area contributed by atoms with Crippen molar-refractivity contribution in [1.29, 1.82) is 0 Å². The molecule has 4 nitrogen and oxygen atoms in total. The molecule has 0 fully saturated rings. The number of halogens is 2. The summed E-state index contributed by atoms with van der Waals surface area (Å²) >= 11 is 5.90. The Kier molecular flexibility index (Phi) is 3.57. The van der Waals surface area contributed by atoms with E-state index in [0.717, 1.165) is 0 Å². The van der Waals surface area contributed by atoms with E-state index in [2.05, 4.69) is 5.32 Å². The van der Waals surface area contributed by atoms with Crippen molar-refractivity contribution in [3.8, 4) is 0 Å². The van der Waals surface area contributed by atoms with Crippen molar-refractivity contribution in [2.75, 3.05) is 11.1 Å². The van der Waals surface area contributed by atoms with Crippen molar-refractivity contribution in [1.82, 2.24) is 0 Å². The largest absolute Gasteiger partial charge is 0.399 e. The molecule has 5 N–H and O–H groups in total. The molecule has 0 radical (unpaired) electrons. The molecule has 2 aromatic rings. The molecule has 0 aliphatic heterocycles. The average molecular weight is 280 g/mol. The minimum atomic E-state index is -0.665. The molecule has 0 bridgehead atoms. The molecule has 0 aliphatic carbocycles. The molecule has 6 heteroatoms. The first-order valence-corrected chi connectivity index (χ1v) is 5.77. The van der Waals surface area contributed by atoms with Gasteiger partial charge < -0.3 is 16.8 Å². The Hall–Kier alpha value is -2.27. The van der Waals surface area contributed by atoms with E-state index < -0.39 is 11.7 Å². The van der Waals surface area contributed by atoms with E-state index in [9.17, 15) is 9.18 Å². The quantitative estimate of drug-likeness (QED) is 0.756. The lowest BCUT2D eigenvalue weighted by Crippen LogP contribution is -2.14. The topological polar surface area (TPSA) is 81.1 Å². The Labute approximate surface area is 114 Å². The van der Waals surface area contributed by atoms with Crippen molar-refractivity contribution in [2.45, 2.75) is 0 Å². The summed E-state index contributed by atoms with van der Waals surface area (Å²) in [5.41, 5.74) is 11.8. The van der Waals surface area contributed by atoms with Gasteiger partial charge in [-0.1, -0.05) is 17.7 Å². The van der Waals surface area contributed by atoms with Crippen LogP contribution in [0.25, 0.3) is 0 Å². The van der Waals surface area contributed by atoms with Gasteiger partial charge in [-0.15, -0.1) is 0 Å². The zero-order chi connectivity index (χ0) is 14.0. The second-order valence-electron chi connectivity index (χ2n) is 3.89. The van der Waals surface area contributed by atoms with Crippen molar-refractivity contribution >= 4 is 34.6 Å². The summed E-state index contributed by atoms with van der Waals surface area (Å²) in [4.78, 5) is 11.3.